The molecule has 0 saturated heterocycles. The van der Waals surface area contributed by atoms with Gasteiger partial charge in [0.15, 0.2) is 0 Å². The van der Waals surface area contributed by atoms with Crippen molar-refractivity contribution in [3.63, 3.8) is 0 Å². The maximum atomic E-state index is 10.8. The highest BCUT2D eigenvalue weighted by Gasteiger charge is 2.06. The predicted octanol–water partition coefficient (Wildman–Crippen LogP) is 5.10. The van der Waals surface area contributed by atoms with Gasteiger partial charge in [-0.15, -0.1) is 0 Å². The first-order valence-electron chi connectivity index (χ1n) is 9.42. The van der Waals surface area contributed by atoms with Crippen LogP contribution >= 0.6 is 11.6 Å². The fourth-order valence-electron chi connectivity index (χ4n) is 2.76. The van der Waals surface area contributed by atoms with Gasteiger partial charge in [-0.3, -0.25) is 4.55 Å². The molecule has 158 valence electrons. The molecule has 1 aromatic heterocycles. The van der Waals surface area contributed by atoms with Crippen molar-refractivity contribution in [3.8, 4) is 28.7 Å². The zero-order valence-electron chi connectivity index (χ0n) is 16.6. The zero-order chi connectivity index (χ0) is 22.3. The summed E-state index contributed by atoms with van der Waals surface area (Å²) in [6.07, 6.45) is 3.60. The first-order chi connectivity index (χ1) is 14.8. The van der Waals surface area contributed by atoms with Crippen LogP contribution in [-0.2, 0) is 10.1 Å². The maximum absolute atomic E-state index is 10.8. The molecule has 1 N–H and O–H groups in total. The average Bonchev–Trinajstić information content (AvgIpc) is 2.76. The fraction of sp³-hybridized carbons (Fsp3) is 0.125. The number of rotatable bonds is 7. The van der Waals surface area contributed by atoms with Gasteiger partial charge in [0.05, 0.1) is 12.4 Å². The molecule has 0 radical (unpaired) electrons. The van der Waals surface area contributed by atoms with Crippen molar-refractivity contribution >= 4 is 27.8 Å². The number of hydrogen-bond acceptors (Lipinski definition) is 4. The molecule has 0 bridgehead atoms. The van der Waals surface area contributed by atoms with E-state index in [4.69, 9.17) is 20.9 Å². The van der Waals surface area contributed by atoms with E-state index in [9.17, 15) is 8.42 Å². The molecule has 0 unspecified atom stereocenters. The SMILES string of the molecule is C=Cc1cc(C#Cc2ccc(-c3ccc(Cl)cc3)cn2)ccc1OCCCS(=O)(=O)O. The minimum Gasteiger partial charge on any atom is -0.493 e. The summed E-state index contributed by atoms with van der Waals surface area (Å²) in [5, 5.41) is 0.688. The molecule has 5 nitrogen and oxygen atoms in total. The van der Waals surface area contributed by atoms with E-state index in [0.29, 0.717) is 16.5 Å². The normalized spacial score (nSPS) is 10.8. The van der Waals surface area contributed by atoms with Crippen LogP contribution in [-0.4, -0.2) is 30.3 Å². The highest BCUT2D eigenvalue weighted by Crippen LogP contribution is 2.22. The molecule has 31 heavy (non-hydrogen) atoms. The molecule has 0 spiro atoms. The molecular weight excluding hydrogens is 434 g/mol. The minimum atomic E-state index is -3.98. The van der Waals surface area contributed by atoms with Crippen molar-refractivity contribution in [2.24, 2.45) is 0 Å². The van der Waals surface area contributed by atoms with Crippen LogP contribution in [0.4, 0.5) is 0 Å². The summed E-state index contributed by atoms with van der Waals surface area (Å²) in [5.74, 6) is 6.33. The Labute approximate surface area is 187 Å². The summed E-state index contributed by atoms with van der Waals surface area (Å²) in [6.45, 7) is 3.94. The summed E-state index contributed by atoms with van der Waals surface area (Å²) in [5.41, 5.74) is 4.16. The van der Waals surface area contributed by atoms with Gasteiger partial charge in [-0.2, -0.15) is 8.42 Å². The van der Waals surface area contributed by atoms with E-state index in [0.717, 1.165) is 22.3 Å². The Morgan fingerprint density at radius 3 is 2.45 bits per heavy atom. The second-order valence-electron chi connectivity index (χ2n) is 6.63. The van der Waals surface area contributed by atoms with Crippen LogP contribution in [0.1, 0.15) is 23.2 Å². The Hall–Kier alpha value is -3.11. The number of benzene rings is 2. The van der Waals surface area contributed by atoms with Gasteiger partial charge in [0.1, 0.15) is 11.4 Å². The lowest BCUT2D eigenvalue weighted by molar-refractivity contribution is 0.315. The highest BCUT2D eigenvalue weighted by atomic mass is 35.5. The maximum Gasteiger partial charge on any atom is 0.264 e. The number of hydrogen-bond donors (Lipinski definition) is 1. The molecule has 0 saturated carbocycles. The van der Waals surface area contributed by atoms with Crippen LogP contribution in [0.3, 0.4) is 0 Å². The lowest BCUT2D eigenvalue weighted by atomic mass is 10.1. The predicted molar refractivity (Wildman–Crippen MR) is 124 cm³/mol. The van der Waals surface area contributed by atoms with Crippen molar-refractivity contribution in [2.45, 2.75) is 6.42 Å². The molecular formula is C24H20ClNO4S. The highest BCUT2D eigenvalue weighted by molar-refractivity contribution is 7.85. The Balaban J connectivity index is 1.67. The Kier molecular flexibility index (Phi) is 7.48. The topological polar surface area (TPSA) is 76.5 Å². The zero-order valence-corrected chi connectivity index (χ0v) is 18.2. The van der Waals surface area contributed by atoms with Gasteiger partial charge < -0.3 is 4.74 Å². The molecule has 0 fully saturated rings. The van der Waals surface area contributed by atoms with Crippen molar-refractivity contribution in [1.82, 2.24) is 4.98 Å². The van der Waals surface area contributed by atoms with Gasteiger partial charge >= 0.3 is 0 Å². The summed E-state index contributed by atoms with van der Waals surface area (Å²) in [7, 11) is -3.98. The molecule has 0 aliphatic heterocycles. The largest absolute Gasteiger partial charge is 0.493 e. The van der Waals surface area contributed by atoms with Crippen molar-refractivity contribution < 1.29 is 17.7 Å². The number of pyridine rings is 1. The average molecular weight is 454 g/mol. The van der Waals surface area contributed by atoms with Crippen molar-refractivity contribution in [2.75, 3.05) is 12.4 Å². The van der Waals surface area contributed by atoms with Crippen molar-refractivity contribution in [3.05, 3.63) is 89.2 Å². The van der Waals surface area contributed by atoms with Gasteiger partial charge in [0, 0.05) is 27.9 Å². The minimum absolute atomic E-state index is 0.162. The van der Waals surface area contributed by atoms with Crippen LogP contribution in [0, 0.1) is 11.8 Å². The molecule has 0 aliphatic rings. The second kappa shape index (κ2) is 10.3. The fourth-order valence-corrected chi connectivity index (χ4v) is 3.37. The number of aromatic nitrogens is 1. The van der Waals surface area contributed by atoms with Gasteiger partial charge in [0.2, 0.25) is 0 Å². The van der Waals surface area contributed by atoms with Crippen LogP contribution in [0.25, 0.3) is 17.2 Å². The number of nitrogens with zero attached hydrogens (tertiary/aromatic N) is 1. The lowest BCUT2D eigenvalue weighted by Crippen LogP contribution is -2.08. The summed E-state index contributed by atoms with van der Waals surface area (Å²) < 4.78 is 35.9. The third-order valence-corrected chi connectivity index (χ3v) is 5.37. The third-order valence-electron chi connectivity index (χ3n) is 4.31. The van der Waals surface area contributed by atoms with Crippen LogP contribution in [0.5, 0.6) is 5.75 Å². The van der Waals surface area contributed by atoms with E-state index >= 15 is 0 Å². The lowest BCUT2D eigenvalue weighted by Gasteiger charge is -2.09. The molecule has 7 heteroatoms. The van der Waals surface area contributed by atoms with E-state index in [2.05, 4.69) is 23.4 Å². The Morgan fingerprint density at radius 1 is 1.06 bits per heavy atom. The van der Waals surface area contributed by atoms with Crippen LogP contribution in [0.2, 0.25) is 5.02 Å². The van der Waals surface area contributed by atoms with E-state index in [1.807, 2.05) is 42.5 Å². The quantitative estimate of drug-likeness (QED) is 0.306. The molecule has 0 amide bonds. The third kappa shape index (κ3) is 6.97. The summed E-state index contributed by atoms with van der Waals surface area (Å²) >= 11 is 5.92. The summed E-state index contributed by atoms with van der Waals surface area (Å²) in [6, 6.07) is 16.8. The van der Waals surface area contributed by atoms with Gasteiger partial charge in [-0.25, -0.2) is 4.98 Å². The first-order valence-corrected chi connectivity index (χ1v) is 11.4. The molecule has 3 aromatic rings. The Bertz CT molecular complexity index is 1230. The van der Waals surface area contributed by atoms with Crippen LogP contribution in [0.15, 0.2) is 67.4 Å². The van der Waals surface area contributed by atoms with E-state index < -0.39 is 10.1 Å². The first kappa shape index (κ1) is 22.6. The van der Waals surface area contributed by atoms with Gasteiger partial charge in [-0.05, 0) is 54.3 Å². The number of halogens is 1. The standard InChI is InChI=1S/C24H20ClNO4S/c1-2-19-16-18(5-13-24(19)30-14-3-15-31(27,28)29)4-11-23-12-8-21(17-26-23)20-6-9-22(25)10-7-20/h2,5-10,12-13,16-17H,1,3,14-15H2,(H,27,28,29). The number of ether oxygens (including phenoxy) is 1. The van der Waals surface area contributed by atoms with E-state index in [1.54, 1.807) is 24.4 Å². The monoisotopic (exact) mass is 453 g/mol. The molecule has 1 heterocycles. The van der Waals surface area contributed by atoms with Gasteiger partial charge in [0.25, 0.3) is 10.1 Å². The Morgan fingerprint density at radius 2 is 1.81 bits per heavy atom. The van der Waals surface area contributed by atoms with E-state index in [1.165, 1.54) is 0 Å². The molecule has 0 atom stereocenters. The summed E-state index contributed by atoms with van der Waals surface area (Å²) in [4.78, 5) is 4.40. The molecule has 3 rings (SSSR count). The second-order valence-corrected chi connectivity index (χ2v) is 8.64. The molecule has 0 aliphatic carbocycles. The smallest absolute Gasteiger partial charge is 0.264 e. The van der Waals surface area contributed by atoms with E-state index in [-0.39, 0.29) is 18.8 Å². The molecule has 2 aromatic carbocycles. The van der Waals surface area contributed by atoms with Crippen LogP contribution < -0.4 is 4.74 Å². The van der Waals surface area contributed by atoms with Crippen molar-refractivity contribution in [1.29, 1.82) is 0 Å². The van der Waals surface area contributed by atoms with Gasteiger partial charge in [-0.1, -0.05) is 48.4 Å².